The van der Waals surface area contributed by atoms with Gasteiger partial charge in [-0.15, -0.1) is 0 Å². The van der Waals surface area contributed by atoms with E-state index in [-0.39, 0.29) is 0 Å². The maximum Gasteiger partial charge on any atom is 0.0817 e. The lowest BCUT2D eigenvalue weighted by Crippen LogP contribution is -2.45. The number of aliphatic hydroxyl groups is 1. The molecule has 100 valence electrons. The molecule has 2 heterocycles. The summed E-state index contributed by atoms with van der Waals surface area (Å²) in [7, 11) is 2.03. The van der Waals surface area contributed by atoms with E-state index in [1.807, 2.05) is 19.3 Å². The zero-order valence-electron chi connectivity index (χ0n) is 11.2. The van der Waals surface area contributed by atoms with Crippen LogP contribution in [0.5, 0.6) is 0 Å². The van der Waals surface area contributed by atoms with E-state index < -0.39 is 5.60 Å². The Labute approximate surface area is 109 Å². The molecule has 1 fully saturated rings. The smallest absolute Gasteiger partial charge is 0.0817 e. The van der Waals surface area contributed by atoms with Crippen molar-refractivity contribution in [3.05, 3.63) is 29.6 Å². The van der Waals surface area contributed by atoms with Gasteiger partial charge in [0.15, 0.2) is 0 Å². The van der Waals surface area contributed by atoms with Crippen LogP contribution < -0.4 is 0 Å². The fraction of sp³-hybridized carbons (Fsp3) is 0.643. The molecule has 2 rings (SSSR count). The van der Waals surface area contributed by atoms with E-state index in [1.54, 1.807) is 0 Å². The third-order valence-corrected chi connectivity index (χ3v) is 3.53. The lowest BCUT2D eigenvalue weighted by Gasteiger charge is -2.35. The molecule has 18 heavy (non-hydrogen) atoms. The van der Waals surface area contributed by atoms with Gasteiger partial charge >= 0.3 is 0 Å². The minimum Gasteiger partial charge on any atom is -0.388 e. The standard InChI is InChI=1S/C14H22N2O2/c1-12-4-3-7-15-13(12)10-16(2)11-14(17)5-8-18-9-6-14/h3-4,7,17H,5-6,8-11H2,1-2H3. The Morgan fingerprint density at radius 2 is 2.17 bits per heavy atom. The molecule has 1 aliphatic rings. The average molecular weight is 250 g/mol. The molecule has 4 nitrogen and oxygen atoms in total. The highest BCUT2D eigenvalue weighted by Gasteiger charge is 2.31. The first-order chi connectivity index (χ1) is 8.59. The van der Waals surface area contributed by atoms with E-state index in [1.165, 1.54) is 5.56 Å². The Morgan fingerprint density at radius 1 is 1.44 bits per heavy atom. The number of nitrogens with zero attached hydrogens (tertiary/aromatic N) is 2. The molecule has 4 heteroatoms. The van der Waals surface area contributed by atoms with Crippen LogP contribution in [0.4, 0.5) is 0 Å². The van der Waals surface area contributed by atoms with Crippen molar-refractivity contribution in [2.75, 3.05) is 26.8 Å². The second-order valence-electron chi connectivity index (χ2n) is 5.28. The number of hydrogen-bond donors (Lipinski definition) is 1. The highest BCUT2D eigenvalue weighted by Crippen LogP contribution is 2.22. The molecular formula is C14H22N2O2. The maximum atomic E-state index is 10.4. The van der Waals surface area contributed by atoms with Crippen LogP contribution in [0.15, 0.2) is 18.3 Å². The summed E-state index contributed by atoms with van der Waals surface area (Å²) in [5.41, 5.74) is 1.68. The number of likely N-dealkylation sites (N-methyl/N-ethyl adjacent to an activating group) is 1. The van der Waals surface area contributed by atoms with Crippen LogP contribution in [-0.2, 0) is 11.3 Å². The SMILES string of the molecule is Cc1cccnc1CN(C)CC1(O)CCOCC1. The van der Waals surface area contributed by atoms with Crippen molar-refractivity contribution < 1.29 is 9.84 Å². The number of ether oxygens (including phenoxy) is 1. The fourth-order valence-electron chi connectivity index (χ4n) is 2.41. The number of rotatable bonds is 4. The second kappa shape index (κ2) is 5.78. The normalized spacial score (nSPS) is 19.1. The topological polar surface area (TPSA) is 45.6 Å². The first-order valence-corrected chi connectivity index (χ1v) is 6.48. The predicted octanol–water partition coefficient (Wildman–Crippen LogP) is 1.36. The largest absolute Gasteiger partial charge is 0.388 e. The number of hydrogen-bond acceptors (Lipinski definition) is 4. The Bertz CT molecular complexity index is 389. The number of aryl methyl sites for hydroxylation is 1. The molecule has 0 atom stereocenters. The molecule has 1 saturated heterocycles. The first-order valence-electron chi connectivity index (χ1n) is 6.48. The first kappa shape index (κ1) is 13.5. The summed E-state index contributed by atoms with van der Waals surface area (Å²) in [6.45, 7) is 4.83. The maximum absolute atomic E-state index is 10.4. The van der Waals surface area contributed by atoms with Crippen molar-refractivity contribution in [1.82, 2.24) is 9.88 Å². The average Bonchev–Trinajstić information content (AvgIpc) is 2.32. The number of aromatic nitrogens is 1. The van der Waals surface area contributed by atoms with Crippen molar-refractivity contribution in [2.24, 2.45) is 0 Å². The van der Waals surface area contributed by atoms with Crippen LogP contribution in [0.25, 0.3) is 0 Å². The van der Waals surface area contributed by atoms with Gasteiger partial charge in [-0.25, -0.2) is 0 Å². The van der Waals surface area contributed by atoms with Gasteiger partial charge in [0, 0.05) is 45.3 Å². The summed E-state index contributed by atoms with van der Waals surface area (Å²) in [5, 5.41) is 10.4. The Balaban J connectivity index is 1.92. The molecule has 0 aliphatic carbocycles. The lowest BCUT2D eigenvalue weighted by atomic mass is 9.94. The summed E-state index contributed by atoms with van der Waals surface area (Å²) in [6, 6.07) is 4.02. The van der Waals surface area contributed by atoms with Crippen molar-refractivity contribution in [3.63, 3.8) is 0 Å². The molecule has 1 N–H and O–H groups in total. The third-order valence-electron chi connectivity index (χ3n) is 3.53. The van der Waals surface area contributed by atoms with E-state index in [0.29, 0.717) is 19.8 Å². The molecule has 1 aromatic heterocycles. The monoisotopic (exact) mass is 250 g/mol. The van der Waals surface area contributed by atoms with E-state index >= 15 is 0 Å². The second-order valence-corrected chi connectivity index (χ2v) is 5.28. The van der Waals surface area contributed by atoms with Crippen molar-refractivity contribution in [3.8, 4) is 0 Å². The van der Waals surface area contributed by atoms with Crippen LogP contribution in [-0.4, -0.2) is 47.4 Å². The van der Waals surface area contributed by atoms with Gasteiger partial charge in [0.05, 0.1) is 11.3 Å². The van der Waals surface area contributed by atoms with Crippen LogP contribution in [0.2, 0.25) is 0 Å². The molecule has 0 radical (unpaired) electrons. The molecule has 0 amide bonds. The Morgan fingerprint density at radius 3 is 2.83 bits per heavy atom. The van der Waals surface area contributed by atoms with E-state index in [4.69, 9.17) is 4.74 Å². The summed E-state index contributed by atoms with van der Waals surface area (Å²) in [6.07, 6.45) is 3.26. The van der Waals surface area contributed by atoms with Gasteiger partial charge in [-0.05, 0) is 25.6 Å². The highest BCUT2D eigenvalue weighted by molar-refractivity contribution is 5.17. The van der Waals surface area contributed by atoms with Crippen molar-refractivity contribution >= 4 is 0 Å². The van der Waals surface area contributed by atoms with E-state index in [2.05, 4.69) is 22.9 Å². The highest BCUT2D eigenvalue weighted by atomic mass is 16.5. The van der Waals surface area contributed by atoms with Gasteiger partial charge in [0.1, 0.15) is 0 Å². The molecule has 1 aromatic rings. The molecular weight excluding hydrogens is 228 g/mol. The molecule has 0 saturated carbocycles. The third kappa shape index (κ3) is 3.51. The van der Waals surface area contributed by atoms with Gasteiger partial charge in [-0.1, -0.05) is 6.07 Å². The summed E-state index contributed by atoms with van der Waals surface area (Å²) in [5.74, 6) is 0. The molecule has 0 unspecified atom stereocenters. The predicted molar refractivity (Wildman–Crippen MR) is 70.3 cm³/mol. The molecule has 0 spiro atoms. The minimum absolute atomic E-state index is 0.602. The summed E-state index contributed by atoms with van der Waals surface area (Å²) < 4.78 is 5.29. The van der Waals surface area contributed by atoms with E-state index in [9.17, 15) is 5.11 Å². The van der Waals surface area contributed by atoms with Gasteiger partial charge in [0.2, 0.25) is 0 Å². The molecule has 0 bridgehead atoms. The van der Waals surface area contributed by atoms with Crippen LogP contribution in [0, 0.1) is 6.92 Å². The van der Waals surface area contributed by atoms with Gasteiger partial charge < -0.3 is 9.84 Å². The zero-order valence-corrected chi connectivity index (χ0v) is 11.2. The van der Waals surface area contributed by atoms with Crippen LogP contribution in [0.1, 0.15) is 24.1 Å². The van der Waals surface area contributed by atoms with Gasteiger partial charge in [0.25, 0.3) is 0 Å². The zero-order chi connectivity index (χ0) is 13.0. The summed E-state index contributed by atoms with van der Waals surface area (Å²) in [4.78, 5) is 6.53. The van der Waals surface area contributed by atoms with Crippen LogP contribution >= 0.6 is 0 Å². The molecule has 0 aromatic carbocycles. The van der Waals surface area contributed by atoms with Crippen molar-refractivity contribution in [2.45, 2.75) is 31.9 Å². The Hall–Kier alpha value is -0.970. The number of pyridine rings is 1. The van der Waals surface area contributed by atoms with Crippen LogP contribution in [0.3, 0.4) is 0 Å². The molecule has 1 aliphatic heterocycles. The van der Waals surface area contributed by atoms with E-state index in [0.717, 1.165) is 25.1 Å². The van der Waals surface area contributed by atoms with Gasteiger partial charge in [-0.3, -0.25) is 9.88 Å². The fourth-order valence-corrected chi connectivity index (χ4v) is 2.41. The Kier molecular flexibility index (Phi) is 4.32. The summed E-state index contributed by atoms with van der Waals surface area (Å²) >= 11 is 0. The minimum atomic E-state index is -0.602. The van der Waals surface area contributed by atoms with Gasteiger partial charge in [-0.2, -0.15) is 0 Å². The lowest BCUT2D eigenvalue weighted by molar-refractivity contribution is -0.0778. The quantitative estimate of drug-likeness (QED) is 0.876. The van der Waals surface area contributed by atoms with Crippen molar-refractivity contribution in [1.29, 1.82) is 0 Å².